The Hall–Kier alpha value is -2.70. The van der Waals surface area contributed by atoms with E-state index in [-0.39, 0.29) is 6.03 Å². The van der Waals surface area contributed by atoms with Crippen molar-refractivity contribution in [3.63, 3.8) is 0 Å². The summed E-state index contributed by atoms with van der Waals surface area (Å²) in [6, 6.07) is 5.56. The number of carbonyl (C=O) groups is 1. The van der Waals surface area contributed by atoms with E-state index in [2.05, 4.69) is 10.4 Å². The van der Waals surface area contributed by atoms with Gasteiger partial charge in [0.25, 0.3) is 0 Å². The largest absolute Gasteiger partial charge is 0.486 e. The maximum absolute atomic E-state index is 12.1. The molecule has 3 rings (SSSR count). The number of nitrogens with zero attached hydrogens (tertiary/aromatic N) is 3. The third kappa shape index (κ3) is 3.74. The van der Waals surface area contributed by atoms with E-state index in [0.29, 0.717) is 26.3 Å². The molecule has 1 N–H and O–H groups in total. The minimum absolute atomic E-state index is 0.135. The summed E-state index contributed by atoms with van der Waals surface area (Å²) in [5, 5.41) is 6.99. The predicted octanol–water partition coefficient (Wildman–Crippen LogP) is 1.53. The van der Waals surface area contributed by atoms with Crippen LogP contribution in [0.25, 0.3) is 0 Å². The molecule has 0 bridgehead atoms. The quantitative estimate of drug-likeness (QED) is 0.929. The van der Waals surface area contributed by atoms with Gasteiger partial charge < -0.3 is 19.7 Å². The zero-order valence-electron chi connectivity index (χ0n) is 13.3. The van der Waals surface area contributed by atoms with Crippen LogP contribution in [0.2, 0.25) is 0 Å². The fourth-order valence-electron chi connectivity index (χ4n) is 2.41. The maximum atomic E-state index is 12.1. The minimum Gasteiger partial charge on any atom is -0.486 e. The number of nitrogens with one attached hydrogen (secondary N) is 1. The number of aromatic nitrogens is 2. The molecule has 0 atom stereocenters. The molecule has 2 amide bonds. The van der Waals surface area contributed by atoms with Crippen molar-refractivity contribution < 1.29 is 14.3 Å². The number of rotatable bonds is 4. The van der Waals surface area contributed by atoms with E-state index in [1.807, 2.05) is 31.4 Å². The van der Waals surface area contributed by atoms with Crippen LogP contribution in [0, 0.1) is 0 Å². The number of amides is 2. The first-order valence-electron chi connectivity index (χ1n) is 7.47. The van der Waals surface area contributed by atoms with Gasteiger partial charge in [-0.1, -0.05) is 6.07 Å². The van der Waals surface area contributed by atoms with E-state index < -0.39 is 0 Å². The summed E-state index contributed by atoms with van der Waals surface area (Å²) in [6.45, 7) is 2.08. The van der Waals surface area contributed by atoms with Crippen molar-refractivity contribution in [1.82, 2.24) is 20.0 Å². The Morgan fingerprint density at radius 2 is 2.09 bits per heavy atom. The molecule has 0 saturated carbocycles. The van der Waals surface area contributed by atoms with Crippen molar-refractivity contribution in [2.24, 2.45) is 7.05 Å². The third-order valence-corrected chi connectivity index (χ3v) is 3.58. The molecule has 7 heteroatoms. The smallest absolute Gasteiger partial charge is 0.317 e. The van der Waals surface area contributed by atoms with Crippen molar-refractivity contribution in [2.75, 3.05) is 20.3 Å². The number of fused-ring (bicyclic) bond motifs is 1. The summed E-state index contributed by atoms with van der Waals surface area (Å²) < 4.78 is 12.7. The number of hydrogen-bond acceptors (Lipinski definition) is 4. The van der Waals surface area contributed by atoms with Gasteiger partial charge in [0.2, 0.25) is 0 Å². The van der Waals surface area contributed by atoms with Crippen molar-refractivity contribution in [3.05, 3.63) is 41.7 Å². The lowest BCUT2D eigenvalue weighted by molar-refractivity contribution is 0.171. The Kier molecular flexibility index (Phi) is 4.36. The van der Waals surface area contributed by atoms with Crippen molar-refractivity contribution in [2.45, 2.75) is 13.1 Å². The zero-order chi connectivity index (χ0) is 16.2. The molecule has 0 aliphatic carbocycles. The minimum atomic E-state index is -0.135. The molecule has 1 aromatic carbocycles. The van der Waals surface area contributed by atoms with Crippen molar-refractivity contribution >= 4 is 6.03 Å². The Balaban J connectivity index is 1.54. The van der Waals surface area contributed by atoms with Crippen LogP contribution in [-0.4, -0.2) is 41.0 Å². The summed E-state index contributed by atoms with van der Waals surface area (Å²) in [6.07, 6.45) is 3.65. The first kappa shape index (κ1) is 15.2. The Bertz CT molecular complexity index is 698. The average Bonchev–Trinajstić information content (AvgIpc) is 2.97. The molecule has 23 heavy (non-hydrogen) atoms. The molecule has 1 aliphatic heterocycles. The van der Waals surface area contributed by atoms with E-state index in [1.165, 1.54) is 0 Å². The second-order valence-electron chi connectivity index (χ2n) is 5.52. The van der Waals surface area contributed by atoms with Gasteiger partial charge in [-0.05, 0) is 17.7 Å². The van der Waals surface area contributed by atoms with Crippen LogP contribution in [-0.2, 0) is 20.1 Å². The van der Waals surface area contributed by atoms with Gasteiger partial charge in [-0.3, -0.25) is 4.68 Å². The molecule has 1 aliphatic rings. The highest BCUT2D eigenvalue weighted by molar-refractivity contribution is 5.73. The predicted molar refractivity (Wildman–Crippen MR) is 84.3 cm³/mol. The average molecular weight is 316 g/mol. The Morgan fingerprint density at radius 1 is 1.30 bits per heavy atom. The zero-order valence-corrected chi connectivity index (χ0v) is 13.3. The van der Waals surface area contributed by atoms with Crippen LogP contribution < -0.4 is 14.8 Å². The van der Waals surface area contributed by atoms with Crippen LogP contribution >= 0.6 is 0 Å². The summed E-state index contributed by atoms with van der Waals surface area (Å²) in [5.74, 6) is 1.48. The van der Waals surface area contributed by atoms with Crippen LogP contribution in [0.15, 0.2) is 30.6 Å². The topological polar surface area (TPSA) is 68.6 Å². The van der Waals surface area contributed by atoms with E-state index in [1.54, 1.807) is 22.8 Å². The van der Waals surface area contributed by atoms with Gasteiger partial charge >= 0.3 is 6.03 Å². The molecule has 2 aromatic rings. The van der Waals surface area contributed by atoms with Gasteiger partial charge in [-0.2, -0.15) is 5.10 Å². The lowest BCUT2D eigenvalue weighted by Crippen LogP contribution is -2.36. The molecule has 0 radical (unpaired) electrons. The number of urea groups is 1. The van der Waals surface area contributed by atoms with E-state index in [4.69, 9.17) is 9.47 Å². The van der Waals surface area contributed by atoms with Gasteiger partial charge in [0.15, 0.2) is 11.5 Å². The van der Waals surface area contributed by atoms with Gasteiger partial charge in [0.05, 0.1) is 12.7 Å². The summed E-state index contributed by atoms with van der Waals surface area (Å²) in [7, 11) is 3.61. The Morgan fingerprint density at radius 3 is 2.83 bits per heavy atom. The standard InChI is InChI=1S/C16H20N4O3/c1-19(10-13-9-18-20(2)11-13)16(21)17-8-12-3-4-14-15(7-12)23-6-5-22-14/h3-4,7,9,11H,5-6,8,10H2,1-2H3,(H,17,21). The maximum Gasteiger partial charge on any atom is 0.317 e. The van der Waals surface area contributed by atoms with Crippen LogP contribution in [0.4, 0.5) is 4.79 Å². The van der Waals surface area contributed by atoms with Gasteiger partial charge in [0, 0.05) is 32.4 Å². The van der Waals surface area contributed by atoms with Gasteiger partial charge in [-0.25, -0.2) is 4.79 Å². The van der Waals surface area contributed by atoms with Crippen molar-refractivity contribution in [3.8, 4) is 11.5 Å². The molecular formula is C16H20N4O3. The number of carbonyl (C=O) groups excluding carboxylic acids is 1. The highest BCUT2D eigenvalue weighted by atomic mass is 16.6. The summed E-state index contributed by atoms with van der Waals surface area (Å²) in [4.78, 5) is 13.8. The van der Waals surface area contributed by atoms with E-state index in [9.17, 15) is 4.79 Å². The van der Waals surface area contributed by atoms with Crippen LogP contribution in [0.5, 0.6) is 11.5 Å². The van der Waals surface area contributed by atoms with E-state index >= 15 is 0 Å². The SMILES string of the molecule is CN(Cc1cnn(C)c1)C(=O)NCc1ccc2c(c1)OCCO2. The van der Waals surface area contributed by atoms with Crippen LogP contribution in [0.1, 0.15) is 11.1 Å². The third-order valence-electron chi connectivity index (χ3n) is 3.58. The Labute approximate surface area is 134 Å². The molecule has 122 valence electrons. The van der Waals surface area contributed by atoms with Crippen LogP contribution in [0.3, 0.4) is 0 Å². The lowest BCUT2D eigenvalue weighted by atomic mass is 10.2. The second kappa shape index (κ2) is 6.60. The van der Waals surface area contributed by atoms with E-state index in [0.717, 1.165) is 22.6 Å². The molecule has 2 heterocycles. The molecule has 0 saturated heterocycles. The molecule has 7 nitrogen and oxygen atoms in total. The van der Waals surface area contributed by atoms with Gasteiger partial charge in [0.1, 0.15) is 13.2 Å². The highest BCUT2D eigenvalue weighted by Crippen LogP contribution is 2.30. The number of hydrogen-bond donors (Lipinski definition) is 1. The molecule has 0 spiro atoms. The number of benzene rings is 1. The normalized spacial score (nSPS) is 12.8. The monoisotopic (exact) mass is 316 g/mol. The summed E-state index contributed by atoms with van der Waals surface area (Å²) in [5.41, 5.74) is 1.96. The fraction of sp³-hybridized carbons (Fsp3) is 0.375. The number of aryl methyl sites for hydroxylation is 1. The second-order valence-corrected chi connectivity index (χ2v) is 5.52. The molecule has 0 fully saturated rings. The first-order valence-corrected chi connectivity index (χ1v) is 7.47. The summed E-state index contributed by atoms with van der Waals surface area (Å²) >= 11 is 0. The molecular weight excluding hydrogens is 296 g/mol. The first-order chi connectivity index (χ1) is 11.1. The fourth-order valence-corrected chi connectivity index (χ4v) is 2.41. The van der Waals surface area contributed by atoms with Crippen molar-refractivity contribution in [1.29, 1.82) is 0 Å². The lowest BCUT2D eigenvalue weighted by Gasteiger charge is -2.20. The van der Waals surface area contributed by atoms with Gasteiger partial charge in [-0.15, -0.1) is 0 Å². The molecule has 0 unspecified atom stereocenters. The number of ether oxygens (including phenoxy) is 2. The highest BCUT2D eigenvalue weighted by Gasteiger charge is 2.13. The molecule has 1 aromatic heterocycles.